The van der Waals surface area contributed by atoms with Crippen molar-refractivity contribution < 1.29 is 22.7 Å². The van der Waals surface area contributed by atoms with Crippen molar-refractivity contribution in [2.75, 3.05) is 20.2 Å². The summed E-state index contributed by atoms with van der Waals surface area (Å²) in [6.07, 6.45) is 2.64. The maximum absolute atomic E-state index is 13.4. The molecule has 1 saturated heterocycles. The molecule has 9 heteroatoms. The number of fused-ring (bicyclic) bond motifs is 1. The van der Waals surface area contributed by atoms with Gasteiger partial charge in [0, 0.05) is 29.7 Å². The summed E-state index contributed by atoms with van der Waals surface area (Å²) in [5.41, 5.74) is 1.54. The van der Waals surface area contributed by atoms with Crippen LogP contribution < -0.4 is 0 Å². The fourth-order valence-corrected chi connectivity index (χ4v) is 5.85. The van der Waals surface area contributed by atoms with Crippen molar-refractivity contribution in [2.24, 2.45) is 5.92 Å². The van der Waals surface area contributed by atoms with Crippen LogP contribution in [0.15, 0.2) is 54.7 Å². The quantitative estimate of drug-likeness (QED) is 0.522. The summed E-state index contributed by atoms with van der Waals surface area (Å²) in [5.74, 6) is -1.42. The molecule has 0 radical (unpaired) electrons. The van der Waals surface area contributed by atoms with E-state index in [2.05, 4.69) is 0 Å². The van der Waals surface area contributed by atoms with Gasteiger partial charge >= 0.3 is 5.97 Å². The zero-order valence-electron chi connectivity index (χ0n) is 17.5. The third-order valence-electron chi connectivity index (χ3n) is 5.74. The molecule has 1 aliphatic rings. The van der Waals surface area contributed by atoms with Crippen LogP contribution in [0.4, 0.5) is 0 Å². The lowest BCUT2D eigenvalue weighted by atomic mass is 9.98. The Morgan fingerprint density at radius 1 is 1.12 bits per heavy atom. The van der Waals surface area contributed by atoms with E-state index < -0.39 is 21.9 Å². The first-order valence-electron chi connectivity index (χ1n) is 10.2. The number of carbonyl (C=O) groups excluding carboxylic acids is 2. The van der Waals surface area contributed by atoms with Crippen LogP contribution in [0, 0.1) is 5.92 Å². The number of esters is 1. The molecule has 3 aromatic rings. The van der Waals surface area contributed by atoms with Crippen LogP contribution in [0.1, 0.15) is 33.6 Å². The normalized spacial score (nSPS) is 17.4. The highest BCUT2D eigenvalue weighted by atomic mass is 35.5. The SMILES string of the molecule is COC(=O)c1cn(C(=O)[C@H]2CCCN(S(=O)(=O)Cc3ccc(Cl)cc3)C2)c2ccccc12. The number of methoxy groups -OCH3 is 1. The summed E-state index contributed by atoms with van der Waals surface area (Å²) in [7, 11) is -2.31. The standard InChI is InChI=1S/C23H23ClN2O5S/c1-31-23(28)20-14-26(21-7-3-2-6-19(20)21)22(27)17-5-4-12-25(13-17)32(29,30)15-16-8-10-18(24)11-9-16/h2-3,6-11,14,17H,4-5,12-13,15H2,1H3/t17-/m0/s1. The van der Waals surface area contributed by atoms with E-state index in [0.29, 0.717) is 46.4 Å². The van der Waals surface area contributed by atoms with Gasteiger partial charge in [0.15, 0.2) is 0 Å². The molecule has 1 atom stereocenters. The summed E-state index contributed by atoms with van der Waals surface area (Å²) < 4.78 is 33.7. The average Bonchev–Trinajstić information content (AvgIpc) is 3.19. The molecule has 168 valence electrons. The molecule has 0 aliphatic carbocycles. The number of ether oxygens (including phenoxy) is 1. The monoisotopic (exact) mass is 474 g/mol. The third-order valence-corrected chi connectivity index (χ3v) is 7.81. The maximum Gasteiger partial charge on any atom is 0.340 e. The highest BCUT2D eigenvalue weighted by Gasteiger charge is 2.34. The minimum absolute atomic E-state index is 0.106. The van der Waals surface area contributed by atoms with Gasteiger partial charge in [-0.05, 0) is 36.6 Å². The summed E-state index contributed by atoms with van der Waals surface area (Å²) in [5, 5.41) is 1.16. The predicted octanol–water partition coefficient (Wildman–Crippen LogP) is 3.96. The summed E-state index contributed by atoms with van der Waals surface area (Å²) in [4.78, 5) is 25.6. The Hall–Kier alpha value is -2.68. The van der Waals surface area contributed by atoms with E-state index in [0.717, 1.165) is 0 Å². The van der Waals surface area contributed by atoms with Crippen molar-refractivity contribution in [3.8, 4) is 0 Å². The Balaban J connectivity index is 1.58. The second-order valence-corrected chi connectivity index (χ2v) is 10.2. The molecular weight excluding hydrogens is 452 g/mol. The van der Waals surface area contributed by atoms with Crippen LogP contribution in [0.5, 0.6) is 0 Å². The number of carbonyl (C=O) groups is 2. The number of hydrogen-bond acceptors (Lipinski definition) is 5. The van der Waals surface area contributed by atoms with E-state index in [1.54, 1.807) is 48.5 Å². The Bertz CT molecular complexity index is 1270. The first kappa shape index (κ1) is 22.5. The van der Waals surface area contributed by atoms with Gasteiger partial charge in [-0.1, -0.05) is 41.9 Å². The minimum Gasteiger partial charge on any atom is -0.465 e. The van der Waals surface area contributed by atoms with Gasteiger partial charge in [0.25, 0.3) is 0 Å². The molecule has 2 heterocycles. The number of hydrogen-bond donors (Lipinski definition) is 0. The van der Waals surface area contributed by atoms with Crippen molar-refractivity contribution in [1.29, 1.82) is 0 Å². The van der Waals surface area contributed by atoms with Crippen LogP contribution in [0.2, 0.25) is 5.02 Å². The maximum atomic E-state index is 13.4. The third kappa shape index (κ3) is 4.44. The van der Waals surface area contributed by atoms with Gasteiger partial charge in [0.05, 0.1) is 29.9 Å². The fourth-order valence-electron chi connectivity index (χ4n) is 4.11. The number of piperidine rings is 1. The Labute approximate surface area is 191 Å². The van der Waals surface area contributed by atoms with Gasteiger partial charge in [0.1, 0.15) is 0 Å². The molecule has 4 rings (SSSR count). The molecular formula is C23H23ClN2O5S. The molecule has 7 nitrogen and oxygen atoms in total. The molecule has 0 amide bonds. The zero-order valence-corrected chi connectivity index (χ0v) is 19.1. The molecule has 0 saturated carbocycles. The topological polar surface area (TPSA) is 85.7 Å². The largest absolute Gasteiger partial charge is 0.465 e. The van der Waals surface area contributed by atoms with Gasteiger partial charge < -0.3 is 4.74 Å². The first-order chi connectivity index (χ1) is 15.3. The summed E-state index contributed by atoms with van der Waals surface area (Å²) in [6.45, 7) is 0.481. The Morgan fingerprint density at radius 2 is 1.84 bits per heavy atom. The van der Waals surface area contributed by atoms with Crippen LogP contribution in [-0.2, 0) is 20.5 Å². The number of halogens is 1. The summed E-state index contributed by atoms with van der Waals surface area (Å²) >= 11 is 5.89. The van der Waals surface area contributed by atoms with Gasteiger partial charge in [-0.3, -0.25) is 9.36 Å². The van der Waals surface area contributed by atoms with E-state index in [1.807, 2.05) is 0 Å². The first-order valence-corrected chi connectivity index (χ1v) is 12.2. The highest BCUT2D eigenvalue weighted by Crippen LogP contribution is 2.27. The van der Waals surface area contributed by atoms with Crippen molar-refractivity contribution >= 4 is 44.4 Å². The number of sulfonamides is 1. The van der Waals surface area contributed by atoms with Crippen LogP contribution in [-0.4, -0.2) is 49.4 Å². The van der Waals surface area contributed by atoms with E-state index >= 15 is 0 Å². The van der Waals surface area contributed by atoms with E-state index in [4.69, 9.17) is 16.3 Å². The van der Waals surface area contributed by atoms with E-state index in [1.165, 1.54) is 22.2 Å². The van der Waals surface area contributed by atoms with Crippen molar-refractivity contribution in [2.45, 2.75) is 18.6 Å². The lowest BCUT2D eigenvalue weighted by molar-refractivity contribution is 0.0603. The molecule has 1 aromatic heterocycles. The van der Waals surface area contributed by atoms with Crippen molar-refractivity contribution in [3.63, 3.8) is 0 Å². The van der Waals surface area contributed by atoms with E-state index in [9.17, 15) is 18.0 Å². The van der Waals surface area contributed by atoms with Crippen LogP contribution >= 0.6 is 11.6 Å². The fraction of sp³-hybridized carbons (Fsp3) is 0.304. The molecule has 0 unspecified atom stereocenters. The van der Waals surface area contributed by atoms with Crippen LogP contribution in [0.3, 0.4) is 0 Å². The molecule has 1 aliphatic heterocycles. The van der Waals surface area contributed by atoms with Gasteiger partial charge in [-0.15, -0.1) is 0 Å². The van der Waals surface area contributed by atoms with Gasteiger partial charge in [-0.25, -0.2) is 17.5 Å². The molecule has 0 N–H and O–H groups in total. The minimum atomic E-state index is -3.60. The number of rotatable bonds is 5. The second kappa shape index (κ2) is 9.05. The average molecular weight is 475 g/mol. The Kier molecular flexibility index (Phi) is 6.37. The smallest absolute Gasteiger partial charge is 0.340 e. The molecule has 0 bridgehead atoms. The number of para-hydroxylation sites is 1. The highest BCUT2D eigenvalue weighted by molar-refractivity contribution is 7.88. The zero-order chi connectivity index (χ0) is 22.9. The number of benzene rings is 2. The Morgan fingerprint density at radius 3 is 2.56 bits per heavy atom. The van der Waals surface area contributed by atoms with Crippen LogP contribution in [0.25, 0.3) is 10.9 Å². The summed E-state index contributed by atoms with van der Waals surface area (Å²) in [6, 6.07) is 13.8. The predicted molar refractivity (Wildman–Crippen MR) is 122 cm³/mol. The number of nitrogens with zero attached hydrogens (tertiary/aromatic N) is 2. The second-order valence-electron chi connectivity index (χ2n) is 7.84. The lowest BCUT2D eigenvalue weighted by Gasteiger charge is -2.31. The van der Waals surface area contributed by atoms with Gasteiger partial charge in [0.2, 0.25) is 15.9 Å². The molecule has 32 heavy (non-hydrogen) atoms. The van der Waals surface area contributed by atoms with Gasteiger partial charge in [-0.2, -0.15) is 0 Å². The lowest BCUT2D eigenvalue weighted by Crippen LogP contribution is -2.43. The molecule has 0 spiro atoms. The number of aromatic nitrogens is 1. The van der Waals surface area contributed by atoms with E-state index in [-0.39, 0.29) is 18.2 Å². The molecule has 2 aromatic carbocycles. The van der Waals surface area contributed by atoms with Crippen molar-refractivity contribution in [3.05, 3.63) is 70.9 Å². The molecule has 1 fully saturated rings. The van der Waals surface area contributed by atoms with Crippen molar-refractivity contribution in [1.82, 2.24) is 8.87 Å².